The summed E-state index contributed by atoms with van der Waals surface area (Å²) < 4.78 is 11.2. The summed E-state index contributed by atoms with van der Waals surface area (Å²) in [6.45, 7) is 16.5. The van der Waals surface area contributed by atoms with Crippen LogP contribution in [0.1, 0.15) is 48.0 Å². The highest BCUT2D eigenvalue weighted by Gasteiger charge is 2.45. The van der Waals surface area contributed by atoms with Gasteiger partial charge in [0.2, 0.25) is 5.91 Å². The lowest BCUT2D eigenvalue weighted by molar-refractivity contribution is -0.159. The number of carbonyl (C=O) groups excluding carboxylic acids is 2. The molecule has 1 aliphatic heterocycles. The second kappa shape index (κ2) is 7.34. The molecule has 0 aromatic carbocycles. The molecule has 0 saturated carbocycles. The van der Waals surface area contributed by atoms with E-state index in [1.165, 1.54) is 0 Å². The van der Waals surface area contributed by atoms with Gasteiger partial charge in [0.05, 0.1) is 5.92 Å². The highest BCUT2D eigenvalue weighted by atomic mass is 28.3. The Morgan fingerprint density at radius 1 is 1.22 bits per heavy atom. The molecule has 1 saturated heterocycles. The SMILES string of the molecule is C[SiH](C)OCC1CC(C(C)(C)C)N(CC(=O)OC(C)(C)C)C1=O. The van der Waals surface area contributed by atoms with Crippen LogP contribution in [-0.2, 0) is 18.8 Å². The fraction of sp³-hybridized carbons (Fsp3) is 0.882. The fourth-order valence-electron chi connectivity index (χ4n) is 2.86. The molecule has 1 amide bonds. The summed E-state index contributed by atoms with van der Waals surface area (Å²) in [6.07, 6.45) is 0.742. The van der Waals surface area contributed by atoms with Gasteiger partial charge in [-0.25, -0.2) is 0 Å². The average Bonchev–Trinajstić information content (AvgIpc) is 2.61. The highest BCUT2D eigenvalue weighted by molar-refractivity contribution is 6.48. The van der Waals surface area contributed by atoms with Crippen molar-refractivity contribution in [3.63, 3.8) is 0 Å². The topological polar surface area (TPSA) is 55.8 Å². The zero-order valence-corrected chi connectivity index (χ0v) is 17.1. The van der Waals surface area contributed by atoms with Gasteiger partial charge >= 0.3 is 5.97 Å². The maximum absolute atomic E-state index is 12.7. The second-order valence-electron chi connectivity index (χ2n) is 8.75. The Hall–Kier alpha value is -0.883. The Morgan fingerprint density at radius 3 is 2.22 bits per heavy atom. The molecule has 5 nitrogen and oxygen atoms in total. The normalized spacial score (nSPS) is 22.8. The van der Waals surface area contributed by atoms with E-state index in [0.717, 1.165) is 6.42 Å². The van der Waals surface area contributed by atoms with Gasteiger partial charge in [-0.1, -0.05) is 20.8 Å². The van der Waals surface area contributed by atoms with Crippen LogP contribution < -0.4 is 0 Å². The quantitative estimate of drug-likeness (QED) is 0.569. The predicted molar refractivity (Wildman–Crippen MR) is 93.7 cm³/mol. The predicted octanol–water partition coefficient (Wildman–Crippen LogP) is 2.59. The minimum atomic E-state index is -1.16. The number of hydrogen-bond donors (Lipinski definition) is 0. The Kier molecular flexibility index (Phi) is 6.44. The molecule has 1 fully saturated rings. The molecule has 2 atom stereocenters. The van der Waals surface area contributed by atoms with Gasteiger partial charge in [0, 0.05) is 12.6 Å². The summed E-state index contributed by atoms with van der Waals surface area (Å²) in [4.78, 5) is 26.6. The van der Waals surface area contributed by atoms with Crippen LogP contribution in [0.3, 0.4) is 0 Å². The average molecular weight is 344 g/mol. The lowest BCUT2D eigenvalue weighted by atomic mass is 9.84. The second-order valence-corrected chi connectivity index (χ2v) is 11.2. The molecule has 0 radical (unpaired) electrons. The molecule has 1 aliphatic rings. The van der Waals surface area contributed by atoms with Crippen molar-refractivity contribution in [2.24, 2.45) is 11.3 Å². The van der Waals surface area contributed by atoms with Gasteiger partial charge in [-0.2, -0.15) is 0 Å². The third-order valence-corrected chi connectivity index (χ3v) is 4.73. The number of likely N-dealkylation sites (tertiary alicyclic amines) is 1. The molecular weight excluding hydrogens is 310 g/mol. The van der Waals surface area contributed by atoms with Gasteiger partial charge in [0.1, 0.15) is 12.1 Å². The Labute approximate surface area is 142 Å². The molecular formula is C17H33NO4Si. The Bertz CT molecular complexity index is 437. The highest BCUT2D eigenvalue weighted by Crippen LogP contribution is 2.36. The van der Waals surface area contributed by atoms with Crippen molar-refractivity contribution in [1.82, 2.24) is 4.90 Å². The molecule has 1 rings (SSSR count). The van der Waals surface area contributed by atoms with Crippen LogP contribution >= 0.6 is 0 Å². The van der Waals surface area contributed by atoms with E-state index >= 15 is 0 Å². The van der Waals surface area contributed by atoms with Crippen molar-refractivity contribution in [3.8, 4) is 0 Å². The molecule has 0 bridgehead atoms. The van der Waals surface area contributed by atoms with Crippen LogP contribution in [0, 0.1) is 11.3 Å². The molecule has 1 heterocycles. The number of amides is 1. The van der Waals surface area contributed by atoms with Gasteiger partial charge in [0.15, 0.2) is 9.04 Å². The zero-order valence-electron chi connectivity index (χ0n) is 15.9. The Morgan fingerprint density at radius 2 is 1.78 bits per heavy atom. The van der Waals surface area contributed by atoms with E-state index < -0.39 is 14.6 Å². The number of rotatable bonds is 5. The van der Waals surface area contributed by atoms with E-state index in [1.807, 2.05) is 20.8 Å². The summed E-state index contributed by atoms with van der Waals surface area (Å²) in [5.74, 6) is -0.470. The van der Waals surface area contributed by atoms with Crippen molar-refractivity contribution in [3.05, 3.63) is 0 Å². The van der Waals surface area contributed by atoms with Crippen molar-refractivity contribution in [2.75, 3.05) is 13.2 Å². The standard InChI is InChI=1S/C17H33NO4Si/c1-16(2,3)13-9-12(11-21-23(7)8)15(20)18(13)10-14(19)22-17(4,5)6/h12-13,23H,9-11H2,1-8H3. The van der Waals surface area contributed by atoms with Gasteiger partial charge < -0.3 is 14.1 Å². The minimum Gasteiger partial charge on any atom is -0.459 e. The largest absolute Gasteiger partial charge is 0.459 e. The lowest BCUT2D eigenvalue weighted by Crippen LogP contribution is -2.45. The molecule has 0 aromatic rings. The van der Waals surface area contributed by atoms with Gasteiger partial charge in [-0.3, -0.25) is 9.59 Å². The fourth-order valence-corrected chi connectivity index (χ4v) is 3.47. The minimum absolute atomic E-state index is 0.0189. The first kappa shape index (κ1) is 20.2. The molecule has 0 N–H and O–H groups in total. The maximum atomic E-state index is 12.7. The smallest absolute Gasteiger partial charge is 0.326 e. The summed E-state index contributed by atoms with van der Waals surface area (Å²) in [7, 11) is -1.16. The van der Waals surface area contributed by atoms with E-state index in [9.17, 15) is 9.59 Å². The number of ether oxygens (including phenoxy) is 1. The van der Waals surface area contributed by atoms with Gasteiger partial charge in [-0.15, -0.1) is 0 Å². The molecule has 6 heteroatoms. The number of esters is 1. The molecule has 0 aromatic heterocycles. The van der Waals surface area contributed by atoms with Gasteiger partial charge in [0.25, 0.3) is 0 Å². The van der Waals surface area contributed by atoms with Crippen LogP contribution in [0.25, 0.3) is 0 Å². The molecule has 0 aliphatic carbocycles. The third-order valence-electron chi connectivity index (χ3n) is 3.87. The van der Waals surface area contributed by atoms with E-state index in [0.29, 0.717) is 6.61 Å². The van der Waals surface area contributed by atoms with Crippen LogP contribution in [-0.4, -0.2) is 50.6 Å². The summed E-state index contributed by atoms with van der Waals surface area (Å²) in [5.41, 5.74) is -0.621. The van der Waals surface area contributed by atoms with Crippen LogP contribution in [0.15, 0.2) is 0 Å². The zero-order chi connectivity index (χ0) is 18.0. The first-order valence-corrected chi connectivity index (χ1v) is 11.2. The molecule has 2 unspecified atom stereocenters. The van der Waals surface area contributed by atoms with Crippen LogP contribution in [0.4, 0.5) is 0 Å². The first-order valence-electron chi connectivity index (χ1n) is 8.45. The number of carbonyl (C=O) groups is 2. The monoisotopic (exact) mass is 343 g/mol. The Balaban J connectivity index is 2.83. The molecule has 134 valence electrons. The van der Waals surface area contributed by atoms with E-state index in [2.05, 4.69) is 33.9 Å². The molecule has 23 heavy (non-hydrogen) atoms. The number of nitrogens with zero attached hydrogens (tertiary/aromatic N) is 1. The van der Waals surface area contributed by atoms with E-state index in [-0.39, 0.29) is 35.8 Å². The summed E-state index contributed by atoms with van der Waals surface area (Å²) >= 11 is 0. The van der Waals surface area contributed by atoms with Crippen molar-refractivity contribution >= 4 is 20.9 Å². The summed E-state index contributed by atoms with van der Waals surface area (Å²) in [6, 6.07) is 0.0324. The van der Waals surface area contributed by atoms with Crippen molar-refractivity contribution in [2.45, 2.75) is 72.7 Å². The van der Waals surface area contributed by atoms with Crippen LogP contribution in [0.2, 0.25) is 13.1 Å². The van der Waals surface area contributed by atoms with E-state index in [4.69, 9.17) is 9.16 Å². The molecule has 0 spiro atoms. The third kappa shape index (κ3) is 6.26. The first-order chi connectivity index (χ1) is 10.3. The van der Waals surface area contributed by atoms with Crippen molar-refractivity contribution in [1.29, 1.82) is 0 Å². The van der Waals surface area contributed by atoms with Crippen molar-refractivity contribution < 1.29 is 18.8 Å². The number of hydrogen-bond acceptors (Lipinski definition) is 4. The van der Waals surface area contributed by atoms with E-state index in [1.54, 1.807) is 4.90 Å². The maximum Gasteiger partial charge on any atom is 0.326 e. The lowest BCUT2D eigenvalue weighted by Gasteiger charge is -2.35. The van der Waals surface area contributed by atoms with Crippen LogP contribution in [0.5, 0.6) is 0 Å². The summed E-state index contributed by atoms with van der Waals surface area (Å²) in [5, 5.41) is 0. The van der Waals surface area contributed by atoms with Gasteiger partial charge in [-0.05, 0) is 45.7 Å².